The van der Waals surface area contributed by atoms with Crippen LogP contribution in [-0.2, 0) is 18.3 Å². The number of amides is 1. The van der Waals surface area contributed by atoms with Crippen LogP contribution >= 0.6 is 0 Å². The van der Waals surface area contributed by atoms with E-state index in [0.717, 1.165) is 22.4 Å². The van der Waals surface area contributed by atoms with E-state index in [9.17, 15) is 9.59 Å². The fraction of sp³-hybridized carbons (Fsp3) is 0.316. The molecule has 144 valence electrons. The first-order valence-corrected chi connectivity index (χ1v) is 9.01. The van der Waals surface area contributed by atoms with Gasteiger partial charge in [-0.25, -0.2) is 4.98 Å². The minimum Gasteiger partial charge on any atom is -0.324 e. The van der Waals surface area contributed by atoms with Gasteiger partial charge in [0.1, 0.15) is 11.0 Å². The fourth-order valence-corrected chi connectivity index (χ4v) is 3.63. The lowest BCUT2D eigenvalue weighted by molar-refractivity contribution is -0.116. The maximum atomic E-state index is 12.6. The molecule has 0 aliphatic carbocycles. The molecule has 0 spiro atoms. The van der Waals surface area contributed by atoms with Crippen LogP contribution in [0.2, 0.25) is 0 Å². The Morgan fingerprint density at radius 2 is 2.00 bits per heavy atom. The molecule has 0 aliphatic rings. The molecule has 0 bridgehead atoms. The van der Waals surface area contributed by atoms with Gasteiger partial charge in [0.2, 0.25) is 5.91 Å². The van der Waals surface area contributed by atoms with Gasteiger partial charge in [-0.05, 0) is 49.9 Å². The van der Waals surface area contributed by atoms with Gasteiger partial charge >= 0.3 is 0 Å². The van der Waals surface area contributed by atoms with Gasteiger partial charge in [-0.1, -0.05) is 6.07 Å². The first-order chi connectivity index (χ1) is 13.4. The van der Waals surface area contributed by atoms with Crippen molar-refractivity contribution in [1.82, 2.24) is 30.2 Å². The zero-order valence-electron chi connectivity index (χ0n) is 16.2. The van der Waals surface area contributed by atoms with E-state index in [-0.39, 0.29) is 17.9 Å². The highest BCUT2D eigenvalue weighted by Crippen LogP contribution is 2.25. The number of aromatic amines is 2. The lowest BCUT2D eigenvalue weighted by atomic mass is 10.00. The van der Waals surface area contributed by atoms with Crippen LogP contribution < -0.4 is 10.9 Å². The lowest BCUT2D eigenvalue weighted by Crippen LogP contribution is -2.15. The molecular weight excluding hydrogens is 358 g/mol. The first-order valence-electron chi connectivity index (χ1n) is 9.01. The van der Waals surface area contributed by atoms with Gasteiger partial charge in [0.05, 0.1) is 11.1 Å². The lowest BCUT2D eigenvalue weighted by Gasteiger charge is -2.12. The van der Waals surface area contributed by atoms with Crippen molar-refractivity contribution in [3.8, 4) is 0 Å². The van der Waals surface area contributed by atoms with Crippen molar-refractivity contribution in [2.75, 3.05) is 5.32 Å². The maximum absolute atomic E-state index is 12.6. The molecule has 0 saturated carbocycles. The number of benzene rings is 1. The number of pyridine rings is 1. The monoisotopic (exact) mass is 379 g/mol. The molecule has 1 aromatic carbocycles. The predicted octanol–water partition coefficient (Wildman–Crippen LogP) is 2.03. The van der Waals surface area contributed by atoms with Gasteiger partial charge < -0.3 is 5.32 Å². The number of rotatable bonds is 4. The highest BCUT2D eigenvalue weighted by Gasteiger charge is 2.17. The molecule has 3 heterocycles. The van der Waals surface area contributed by atoms with Crippen LogP contribution in [0.25, 0.3) is 22.1 Å². The van der Waals surface area contributed by atoms with Gasteiger partial charge in [0, 0.05) is 19.2 Å². The summed E-state index contributed by atoms with van der Waals surface area (Å²) in [6.45, 7) is 5.72. The Labute approximate surface area is 160 Å². The van der Waals surface area contributed by atoms with E-state index in [1.807, 2.05) is 32.9 Å². The second kappa shape index (κ2) is 6.59. The third-order valence-corrected chi connectivity index (χ3v) is 5.14. The molecule has 0 radical (unpaired) electrons. The van der Waals surface area contributed by atoms with E-state index in [0.29, 0.717) is 34.2 Å². The van der Waals surface area contributed by atoms with Crippen molar-refractivity contribution in [1.29, 1.82) is 0 Å². The summed E-state index contributed by atoms with van der Waals surface area (Å²) < 4.78 is 1.62. The van der Waals surface area contributed by atoms with E-state index in [4.69, 9.17) is 0 Å². The number of hydrogen-bond donors (Lipinski definition) is 3. The van der Waals surface area contributed by atoms with Gasteiger partial charge in [-0.2, -0.15) is 15.4 Å². The molecule has 0 fully saturated rings. The molecule has 1 amide bonds. The summed E-state index contributed by atoms with van der Waals surface area (Å²) in [7, 11) is 1.76. The zero-order valence-corrected chi connectivity index (χ0v) is 16.2. The van der Waals surface area contributed by atoms with Crippen LogP contribution in [0.5, 0.6) is 0 Å². The summed E-state index contributed by atoms with van der Waals surface area (Å²) in [6, 6.07) is 3.75. The van der Waals surface area contributed by atoms with Crippen LogP contribution in [0.15, 0.2) is 16.9 Å². The molecule has 4 aromatic rings. The van der Waals surface area contributed by atoms with Gasteiger partial charge in [0.25, 0.3) is 5.56 Å². The summed E-state index contributed by atoms with van der Waals surface area (Å²) in [6.07, 6.45) is 0.766. The third kappa shape index (κ3) is 2.84. The number of H-pyrrole nitrogens is 2. The Morgan fingerprint density at radius 1 is 1.21 bits per heavy atom. The largest absolute Gasteiger partial charge is 0.324 e. The number of aryl methyl sites for hydroxylation is 4. The summed E-state index contributed by atoms with van der Waals surface area (Å²) in [5.74, 6) is -0.125. The molecule has 9 heteroatoms. The highest BCUT2D eigenvalue weighted by molar-refractivity contribution is 6.00. The van der Waals surface area contributed by atoms with Crippen molar-refractivity contribution in [2.24, 2.45) is 7.05 Å². The average molecular weight is 379 g/mol. The van der Waals surface area contributed by atoms with Crippen LogP contribution in [0.4, 0.5) is 5.69 Å². The van der Waals surface area contributed by atoms with Gasteiger partial charge in [-0.15, -0.1) is 0 Å². The number of hydrogen-bond acceptors (Lipinski definition) is 5. The summed E-state index contributed by atoms with van der Waals surface area (Å²) in [4.78, 5) is 29.3. The summed E-state index contributed by atoms with van der Waals surface area (Å²) in [5.41, 5.74) is 6.00. The topological polar surface area (TPSA) is 121 Å². The molecule has 3 aromatic heterocycles. The van der Waals surface area contributed by atoms with Crippen LogP contribution in [0, 0.1) is 20.8 Å². The third-order valence-electron chi connectivity index (χ3n) is 5.14. The first kappa shape index (κ1) is 17.9. The Balaban J connectivity index is 1.58. The van der Waals surface area contributed by atoms with E-state index in [2.05, 4.69) is 30.8 Å². The Bertz CT molecular complexity index is 1280. The molecule has 0 unspecified atom stereocenters. The molecule has 9 nitrogen and oxygen atoms in total. The van der Waals surface area contributed by atoms with E-state index in [1.165, 1.54) is 0 Å². The van der Waals surface area contributed by atoms with Crippen LogP contribution in [0.3, 0.4) is 0 Å². The normalized spacial score (nSPS) is 11.4. The number of aromatic nitrogens is 6. The minimum atomic E-state index is -0.165. The van der Waals surface area contributed by atoms with Crippen molar-refractivity contribution in [2.45, 2.75) is 33.6 Å². The van der Waals surface area contributed by atoms with Gasteiger partial charge in [0.15, 0.2) is 5.65 Å². The molecule has 0 atom stereocenters. The number of nitrogens with zero attached hydrogens (tertiary/aromatic N) is 4. The number of anilines is 1. The maximum Gasteiger partial charge on any atom is 0.273 e. The standard InChI is InChI=1S/C19H21N7O2/c1-9-5-7-13-17(23-25-22-13)16(9)21-14(27)8-6-12-10(2)15-18(20-11(12)3)26(4)24-19(15)28/h5,7H,6,8H2,1-4H3,(H,21,27)(H,24,28)(H,22,23,25). The fourth-order valence-electron chi connectivity index (χ4n) is 3.63. The summed E-state index contributed by atoms with van der Waals surface area (Å²) in [5, 5.41) is 17.0. The van der Waals surface area contributed by atoms with Gasteiger partial charge in [-0.3, -0.25) is 19.4 Å². The number of fused-ring (bicyclic) bond motifs is 2. The number of carbonyl (C=O) groups excluding carboxylic acids is 1. The second-order valence-corrected chi connectivity index (χ2v) is 7.00. The molecule has 0 aliphatic heterocycles. The molecule has 3 N–H and O–H groups in total. The smallest absolute Gasteiger partial charge is 0.273 e. The molecule has 4 rings (SSSR count). The Hall–Kier alpha value is -3.49. The quantitative estimate of drug-likeness (QED) is 0.501. The SMILES string of the molecule is Cc1ccc2n[nH]nc2c1NC(=O)CCc1c(C)nc2c(c1C)c(=O)[nH]n2C. The van der Waals surface area contributed by atoms with E-state index >= 15 is 0 Å². The van der Waals surface area contributed by atoms with Crippen LogP contribution in [0.1, 0.15) is 28.8 Å². The van der Waals surface area contributed by atoms with Crippen molar-refractivity contribution in [3.63, 3.8) is 0 Å². The second-order valence-electron chi connectivity index (χ2n) is 7.00. The van der Waals surface area contributed by atoms with E-state index < -0.39 is 0 Å². The minimum absolute atomic E-state index is 0.125. The molecule has 28 heavy (non-hydrogen) atoms. The Morgan fingerprint density at radius 3 is 2.79 bits per heavy atom. The zero-order chi connectivity index (χ0) is 20.0. The van der Waals surface area contributed by atoms with Crippen LogP contribution in [-0.4, -0.2) is 36.1 Å². The Kier molecular flexibility index (Phi) is 4.21. The number of nitrogens with one attached hydrogen (secondary N) is 3. The van der Waals surface area contributed by atoms with Crippen molar-refractivity contribution in [3.05, 3.63) is 44.9 Å². The molecule has 0 saturated heterocycles. The average Bonchev–Trinajstić information content (AvgIpc) is 3.22. The highest BCUT2D eigenvalue weighted by atomic mass is 16.1. The predicted molar refractivity (Wildman–Crippen MR) is 106 cm³/mol. The molecular formula is C19H21N7O2. The van der Waals surface area contributed by atoms with Crippen molar-refractivity contribution < 1.29 is 4.79 Å². The summed E-state index contributed by atoms with van der Waals surface area (Å²) >= 11 is 0. The van der Waals surface area contributed by atoms with Crippen molar-refractivity contribution >= 4 is 33.7 Å². The van der Waals surface area contributed by atoms with E-state index in [1.54, 1.807) is 11.7 Å². The number of carbonyl (C=O) groups is 1.